The SMILES string of the molecule is CCc1n[nH]c(CN2Cc3cn[nH]c3CC(C)(C)C2)n1. The van der Waals surface area contributed by atoms with E-state index in [0.29, 0.717) is 0 Å². The lowest BCUT2D eigenvalue weighted by Gasteiger charge is -2.28. The van der Waals surface area contributed by atoms with Gasteiger partial charge in [0.15, 0.2) is 0 Å². The summed E-state index contributed by atoms with van der Waals surface area (Å²) in [4.78, 5) is 6.93. The van der Waals surface area contributed by atoms with Crippen LogP contribution in [-0.4, -0.2) is 36.8 Å². The number of rotatable bonds is 3. The van der Waals surface area contributed by atoms with E-state index in [1.165, 1.54) is 11.3 Å². The van der Waals surface area contributed by atoms with Crippen LogP contribution < -0.4 is 0 Å². The first-order chi connectivity index (χ1) is 9.55. The van der Waals surface area contributed by atoms with E-state index < -0.39 is 0 Å². The van der Waals surface area contributed by atoms with Gasteiger partial charge in [-0.2, -0.15) is 10.2 Å². The maximum atomic E-state index is 4.51. The van der Waals surface area contributed by atoms with Gasteiger partial charge >= 0.3 is 0 Å². The maximum Gasteiger partial charge on any atom is 0.150 e. The summed E-state index contributed by atoms with van der Waals surface area (Å²) in [5.41, 5.74) is 2.79. The van der Waals surface area contributed by atoms with Gasteiger partial charge in [0.2, 0.25) is 0 Å². The first-order valence-corrected chi connectivity index (χ1v) is 7.19. The summed E-state index contributed by atoms with van der Waals surface area (Å²) in [5.74, 6) is 1.84. The highest BCUT2D eigenvalue weighted by Gasteiger charge is 2.29. The predicted molar refractivity (Wildman–Crippen MR) is 75.9 cm³/mol. The number of aromatic amines is 2. The molecule has 0 radical (unpaired) electrons. The molecular weight excluding hydrogens is 252 g/mol. The van der Waals surface area contributed by atoms with Crippen LogP contribution in [0.5, 0.6) is 0 Å². The molecule has 0 saturated heterocycles. The summed E-state index contributed by atoms with van der Waals surface area (Å²) in [5, 5.41) is 14.6. The molecular formula is C14H22N6. The van der Waals surface area contributed by atoms with Gasteiger partial charge < -0.3 is 0 Å². The van der Waals surface area contributed by atoms with E-state index in [1.54, 1.807) is 0 Å². The van der Waals surface area contributed by atoms with Crippen molar-refractivity contribution in [3.05, 3.63) is 29.1 Å². The zero-order valence-electron chi connectivity index (χ0n) is 12.4. The minimum Gasteiger partial charge on any atom is -0.291 e. The molecule has 2 aromatic heterocycles. The van der Waals surface area contributed by atoms with E-state index in [-0.39, 0.29) is 5.41 Å². The number of H-pyrrole nitrogens is 2. The van der Waals surface area contributed by atoms with Crippen molar-refractivity contribution in [3.8, 4) is 0 Å². The average Bonchev–Trinajstić information content (AvgIpc) is 2.96. The Labute approximate surface area is 119 Å². The average molecular weight is 274 g/mol. The fourth-order valence-corrected chi connectivity index (χ4v) is 2.95. The molecule has 0 bridgehead atoms. The summed E-state index contributed by atoms with van der Waals surface area (Å²) in [6, 6.07) is 0. The Morgan fingerprint density at radius 1 is 1.35 bits per heavy atom. The fourth-order valence-electron chi connectivity index (χ4n) is 2.95. The molecule has 6 nitrogen and oxygen atoms in total. The molecule has 6 heteroatoms. The van der Waals surface area contributed by atoms with E-state index >= 15 is 0 Å². The number of hydrogen-bond donors (Lipinski definition) is 2. The molecule has 0 amide bonds. The third kappa shape index (κ3) is 2.75. The van der Waals surface area contributed by atoms with Crippen molar-refractivity contribution in [2.24, 2.45) is 5.41 Å². The van der Waals surface area contributed by atoms with E-state index in [4.69, 9.17) is 0 Å². The zero-order valence-corrected chi connectivity index (χ0v) is 12.4. The first-order valence-electron chi connectivity index (χ1n) is 7.19. The third-order valence-corrected chi connectivity index (χ3v) is 3.78. The largest absolute Gasteiger partial charge is 0.291 e. The molecule has 0 unspecified atom stereocenters. The highest BCUT2D eigenvalue weighted by molar-refractivity contribution is 5.19. The van der Waals surface area contributed by atoms with Crippen molar-refractivity contribution in [1.29, 1.82) is 0 Å². The Kier molecular flexibility index (Phi) is 3.33. The molecule has 0 aromatic carbocycles. The molecule has 0 fully saturated rings. The second-order valence-electron chi connectivity index (χ2n) is 6.41. The third-order valence-electron chi connectivity index (χ3n) is 3.78. The molecule has 1 aliphatic heterocycles. The molecule has 0 spiro atoms. The predicted octanol–water partition coefficient (Wildman–Crippen LogP) is 1.67. The lowest BCUT2D eigenvalue weighted by molar-refractivity contribution is 0.170. The van der Waals surface area contributed by atoms with Crippen LogP contribution >= 0.6 is 0 Å². The highest BCUT2D eigenvalue weighted by atomic mass is 15.3. The first kappa shape index (κ1) is 13.3. The molecule has 20 heavy (non-hydrogen) atoms. The van der Waals surface area contributed by atoms with Crippen molar-refractivity contribution in [2.45, 2.75) is 46.7 Å². The second-order valence-corrected chi connectivity index (χ2v) is 6.41. The van der Waals surface area contributed by atoms with Crippen molar-refractivity contribution in [1.82, 2.24) is 30.3 Å². The molecule has 2 aromatic rings. The Hall–Kier alpha value is -1.69. The summed E-state index contributed by atoms with van der Waals surface area (Å²) in [6.45, 7) is 9.43. The van der Waals surface area contributed by atoms with E-state index in [1.807, 2.05) is 6.20 Å². The lowest BCUT2D eigenvalue weighted by atomic mass is 9.88. The second kappa shape index (κ2) is 5.01. The van der Waals surface area contributed by atoms with E-state index in [9.17, 15) is 0 Å². The molecule has 3 heterocycles. The van der Waals surface area contributed by atoms with Crippen LogP contribution in [0, 0.1) is 5.41 Å². The monoisotopic (exact) mass is 274 g/mol. The number of nitrogens with zero attached hydrogens (tertiary/aromatic N) is 4. The molecule has 0 aliphatic carbocycles. The molecule has 1 aliphatic rings. The van der Waals surface area contributed by atoms with Crippen molar-refractivity contribution in [2.75, 3.05) is 6.54 Å². The summed E-state index contributed by atoms with van der Waals surface area (Å²) in [7, 11) is 0. The molecule has 0 saturated carbocycles. The van der Waals surface area contributed by atoms with Crippen molar-refractivity contribution in [3.63, 3.8) is 0 Å². The van der Waals surface area contributed by atoms with Gasteiger partial charge in [0.05, 0.1) is 12.7 Å². The van der Waals surface area contributed by atoms with Crippen LogP contribution in [0.25, 0.3) is 0 Å². The Morgan fingerprint density at radius 2 is 2.20 bits per heavy atom. The highest BCUT2D eigenvalue weighted by Crippen LogP contribution is 2.29. The smallest absolute Gasteiger partial charge is 0.150 e. The Bertz CT molecular complexity index is 582. The zero-order chi connectivity index (χ0) is 14.2. The van der Waals surface area contributed by atoms with E-state index in [2.05, 4.69) is 51.0 Å². The van der Waals surface area contributed by atoms with Gasteiger partial charge in [-0.1, -0.05) is 20.8 Å². The quantitative estimate of drug-likeness (QED) is 0.893. The van der Waals surface area contributed by atoms with E-state index in [0.717, 1.165) is 44.1 Å². The standard InChI is InChI=1S/C14H22N6/c1-4-12-16-13(19-18-12)8-20-7-10-6-15-17-11(10)5-14(2,3)9-20/h6H,4-5,7-9H2,1-3H3,(H,15,17)(H,16,18,19). The van der Waals surface area contributed by atoms with Crippen LogP contribution in [-0.2, 0) is 25.9 Å². The molecule has 108 valence electrons. The minimum atomic E-state index is 0.228. The van der Waals surface area contributed by atoms with Gasteiger partial charge in [-0.05, 0) is 11.8 Å². The van der Waals surface area contributed by atoms with Crippen LogP contribution in [0.1, 0.15) is 43.7 Å². The van der Waals surface area contributed by atoms with Gasteiger partial charge in [0.25, 0.3) is 0 Å². The molecule has 2 N–H and O–H groups in total. The van der Waals surface area contributed by atoms with Crippen LogP contribution in [0.2, 0.25) is 0 Å². The maximum absolute atomic E-state index is 4.51. The summed E-state index contributed by atoms with van der Waals surface area (Å²) >= 11 is 0. The number of fused-ring (bicyclic) bond motifs is 1. The Balaban J connectivity index is 1.79. The van der Waals surface area contributed by atoms with Gasteiger partial charge in [0.1, 0.15) is 11.6 Å². The summed E-state index contributed by atoms with van der Waals surface area (Å²) in [6.07, 6.45) is 3.85. The molecule has 3 rings (SSSR count). The van der Waals surface area contributed by atoms with Crippen LogP contribution in [0.4, 0.5) is 0 Å². The lowest BCUT2D eigenvalue weighted by Crippen LogP contribution is -2.32. The van der Waals surface area contributed by atoms with Gasteiger partial charge in [-0.25, -0.2) is 4.98 Å². The van der Waals surface area contributed by atoms with Crippen molar-refractivity contribution < 1.29 is 0 Å². The van der Waals surface area contributed by atoms with Crippen LogP contribution in [0.15, 0.2) is 6.20 Å². The minimum absolute atomic E-state index is 0.228. The summed E-state index contributed by atoms with van der Waals surface area (Å²) < 4.78 is 0. The van der Waals surface area contributed by atoms with Crippen molar-refractivity contribution >= 4 is 0 Å². The Morgan fingerprint density at radius 3 is 2.95 bits per heavy atom. The molecule has 0 atom stereocenters. The van der Waals surface area contributed by atoms with Gasteiger partial charge in [0, 0.05) is 30.8 Å². The van der Waals surface area contributed by atoms with Gasteiger partial charge in [-0.15, -0.1) is 0 Å². The number of aromatic nitrogens is 5. The number of nitrogens with one attached hydrogen (secondary N) is 2. The van der Waals surface area contributed by atoms with Gasteiger partial charge in [-0.3, -0.25) is 15.1 Å². The number of aryl methyl sites for hydroxylation is 1. The fraction of sp³-hybridized carbons (Fsp3) is 0.643. The normalized spacial score (nSPS) is 18.8. The van der Waals surface area contributed by atoms with Crippen LogP contribution in [0.3, 0.4) is 0 Å². The number of hydrogen-bond acceptors (Lipinski definition) is 4. The topological polar surface area (TPSA) is 73.5 Å².